The van der Waals surface area contributed by atoms with Crippen LogP contribution in [0.15, 0.2) is 30.6 Å². The SMILES string of the molecule is CC1CN(c2ccc(Nc3ncc4cc(C#N)n(C5CCCC5)c4n3)nc2)CCN1C(=O)O. The van der Waals surface area contributed by atoms with E-state index in [1.165, 1.54) is 17.7 Å². The van der Waals surface area contributed by atoms with Gasteiger partial charge in [-0.3, -0.25) is 0 Å². The first kappa shape index (κ1) is 21.0. The fraction of sp³-hybridized carbons (Fsp3) is 0.435. The van der Waals surface area contributed by atoms with Gasteiger partial charge in [-0.2, -0.15) is 10.2 Å². The van der Waals surface area contributed by atoms with E-state index in [1.807, 2.05) is 25.1 Å². The smallest absolute Gasteiger partial charge is 0.407 e. The summed E-state index contributed by atoms with van der Waals surface area (Å²) in [6.07, 6.45) is 7.12. The molecule has 1 atom stereocenters. The van der Waals surface area contributed by atoms with Gasteiger partial charge in [-0.1, -0.05) is 12.8 Å². The lowest BCUT2D eigenvalue weighted by Gasteiger charge is -2.39. The van der Waals surface area contributed by atoms with Crippen LogP contribution in [0.3, 0.4) is 0 Å². The van der Waals surface area contributed by atoms with Gasteiger partial charge in [0.05, 0.1) is 11.9 Å². The molecule has 1 aliphatic carbocycles. The summed E-state index contributed by atoms with van der Waals surface area (Å²) in [6.45, 7) is 3.64. The lowest BCUT2D eigenvalue weighted by Crippen LogP contribution is -2.53. The van der Waals surface area contributed by atoms with E-state index in [1.54, 1.807) is 12.4 Å². The van der Waals surface area contributed by atoms with Gasteiger partial charge < -0.3 is 24.8 Å². The van der Waals surface area contributed by atoms with Gasteiger partial charge in [-0.05, 0) is 38.0 Å². The van der Waals surface area contributed by atoms with Crippen LogP contribution in [0.25, 0.3) is 11.0 Å². The van der Waals surface area contributed by atoms with Crippen molar-refractivity contribution in [1.82, 2.24) is 24.4 Å². The third-order valence-corrected chi connectivity index (χ3v) is 6.61. The molecule has 170 valence electrons. The highest BCUT2D eigenvalue weighted by Gasteiger charge is 2.27. The largest absolute Gasteiger partial charge is 0.465 e. The van der Waals surface area contributed by atoms with Crippen molar-refractivity contribution in [1.29, 1.82) is 5.26 Å². The second-order valence-electron chi connectivity index (χ2n) is 8.72. The van der Waals surface area contributed by atoms with Crippen LogP contribution in [0.4, 0.5) is 22.2 Å². The summed E-state index contributed by atoms with van der Waals surface area (Å²) in [7, 11) is 0. The van der Waals surface area contributed by atoms with Crippen LogP contribution in [0.1, 0.15) is 44.3 Å². The number of carboxylic acid groups (broad SMARTS) is 1. The average molecular weight is 447 g/mol. The maximum atomic E-state index is 11.3. The number of hydrogen-bond donors (Lipinski definition) is 2. The summed E-state index contributed by atoms with van der Waals surface area (Å²) in [5.74, 6) is 1.06. The third-order valence-electron chi connectivity index (χ3n) is 6.61. The standard InChI is InChI=1S/C23H26N8O2/c1-15-14-29(8-9-30(15)23(32)33)18-6-7-20(25-13-18)27-22-26-12-16-10-19(11-24)31(21(16)28-22)17-4-2-3-5-17/h6-7,10,12-13,15,17H,2-5,8-9,14H2,1H3,(H,32,33)(H,25,26,27,28). The molecule has 0 spiro atoms. The number of nitrogens with one attached hydrogen (secondary N) is 1. The van der Waals surface area contributed by atoms with Gasteiger partial charge in [-0.15, -0.1) is 0 Å². The van der Waals surface area contributed by atoms with Crippen LogP contribution in [-0.4, -0.2) is 61.3 Å². The highest BCUT2D eigenvalue weighted by molar-refractivity contribution is 5.79. The predicted octanol–water partition coefficient (Wildman–Crippen LogP) is 3.75. The van der Waals surface area contributed by atoms with Crippen molar-refractivity contribution in [3.8, 4) is 6.07 Å². The molecule has 10 heteroatoms. The molecule has 0 radical (unpaired) electrons. The summed E-state index contributed by atoms with van der Waals surface area (Å²) in [5.41, 5.74) is 2.35. The maximum Gasteiger partial charge on any atom is 0.407 e. The van der Waals surface area contributed by atoms with E-state index in [0.717, 1.165) is 29.6 Å². The zero-order valence-electron chi connectivity index (χ0n) is 18.5. The molecule has 0 bridgehead atoms. The molecule has 1 saturated heterocycles. The molecule has 2 fully saturated rings. The number of pyridine rings is 1. The van der Waals surface area contributed by atoms with Crippen LogP contribution in [0.2, 0.25) is 0 Å². The van der Waals surface area contributed by atoms with Gasteiger partial charge in [-0.25, -0.2) is 14.8 Å². The number of carbonyl (C=O) groups is 1. The Hall–Kier alpha value is -3.87. The fourth-order valence-electron chi connectivity index (χ4n) is 4.92. The zero-order chi connectivity index (χ0) is 22.9. The fourth-order valence-corrected chi connectivity index (χ4v) is 4.92. The molecular weight excluding hydrogens is 420 g/mol. The Bertz CT molecular complexity index is 1210. The molecule has 0 aromatic carbocycles. The Morgan fingerprint density at radius 2 is 2.03 bits per heavy atom. The summed E-state index contributed by atoms with van der Waals surface area (Å²) < 4.78 is 2.06. The molecule has 3 aromatic heterocycles. The number of rotatable bonds is 4. The number of anilines is 3. The highest BCUT2D eigenvalue weighted by atomic mass is 16.4. The summed E-state index contributed by atoms with van der Waals surface area (Å²) in [4.78, 5) is 28.5. The van der Waals surface area contributed by atoms with Gasteiger partial charge in [0.25, 0.3) is 0 Å². The van der Waals surface area contributed by atoms with E-state index in [2.05, 4.69) is 30.8 Å². The second-order valence-corrected chi connectivity index (χ2v) is 8.72. The van der Waals surface area contributed by atoms with E-state index in [-0.39, 0.29) is 6.04 Å². The topological polar surface area (TPSA) is 123 Å². The Kier molecular flexibility index (Phi) is 5.46. The number of amides is 1. The molecule has 2 aliphatic rings. The predicted molar refractivity (Wildman–Crippen MR) is 124 cm³/mol. The van der Waals surface area contributed by atoms with E-state index in [4.69, 9.17) is 4.98 Å². The number of nitrogens with zero attached hydrogens (tertiary/aromatic N) is 7. The third kappa shape index (κ3) is 4.02. The zero-order valence-corrected chi connectivity index (χ0v) is 18.5. The van der Waals surface area contributed by atoms with Gasteiger partial charge in [0.1, 0.15) is 23.2 Å². The normalized spacial score (nSPS) is 19.1. The lowest BCUT2D eigenvalue weighted by molar-refractivity contribution is 0.122. The van der Waals surface area contributed by atoms with E-state index in [0.29, 0.717) is 43.1 Å². The first-order valence-electron chi connectivity index (χ1n) is 11.3. The first-order chi connectivity index (χ1) is 16.0. The van der Waals surface area contributed by atoms with Gasteiger partial charge in [0.2, 0.25) is 5.95 Å². The van der Waals surface area contributed by atoms with Gasteiger partial charge >= 0.3 is 6.09 Å². The number of hydrogen-bond acceptors (Lipinski definition) is 7. The Morgan fingerprint density at radius 3 is 2.70 bits per heavy atom. The number of aromatic nitrogens is 4. The molecule has 3 aromatic rings. The molecule has 1 saturated carbocycles. The maximum absolute atomic E-state index is 11.3. The summed E-state index contributed by atoms with van der Waals surface area (Å²) in [6, 6.07) is 8.22. The molecule has 1 amide bonds. The summed E-state index contributed by atoms with van der Waals surface area (Å²) in [5, 5.41) is 22.9. The number of fused-ring (bicyclic) bond motifs is 1. The van der Waals surface area contributed by atoms with Crippen molar-refractivity contribution in [2.24, 2.45) is 0 Å². The Labute approximate surface area is 191 Å². The molecule has 5 rings (SSSR count). The Morgan fingerprint density at radius 1 is 1.21 bits per heavy atom. The quantitative estimate of drug-likeness (QED) is 0.621. The monoisotopic (exact) mass is 446 g/mol. The van der Waals surface area contributed by atoms with E-state index < -0.39 is 6.09 Å². The lowest BCUT2D eigenvalue weighted by atomic mass is 10.2. The number of piperazine rings is 1. The van der Waals surface area contributed by atoms with Crippen LogP contribution in [-0.2, 0) is 0 Å². The van der Waals surface area contributed by atoms with Gasteiger partial charge in [0, 0.05) is 43.3 Å². The van der Waals surface area contributed by atoms with Crippen LogP contribution in [0, 0.1) is 11.3 Å². The first-order valence-corrected chi connectivity index (χ1v) is 11.3. The molecule has 2 N–H and O–H groups in total. The molecule has 1 aliphatic heterocycles. The minimum absolute atomic E-state index is 0.0800. The number of nitriles is 1. The molecule has 1 unspecified atom stereocenters. The highest BCUT2D eigenvalue weighted by Crippen LogP contribution is 2.34. The van der Waals surface area contributed by atoms with Crippen molar-refractivity contribution in [2.45, 2.75) is 44.7 Å². The summed E-state index contributed by atoms with van der Waals surface area (Å²) >= 11 is 0. The van der Waals surface area contributed by atoms with Crippen molar-refractivity contribution in [2.75, 3.05) is 29.9 Å². The Balaban J connectivity index is 1.33. The van der Waals surface area contributed by atoms with Crippen molar-refractivity contribution in [3.05, 3.63) is 36.3 Å². The van der Waals surface area contributed by atoms with Crippen molar-refractivity contribution in [3.63, 3.8) is 0 Å². The molecule has 10 nitrogen and oxygen atoms in total. The van der Waals surface area contributed by atoms with E-state index >= 15 is 0 Å². The minimum Gasteiger partial charge on any atom is -0.465 e. The van der Waals surface area contributed by atoms with Crippen molar-refractivity contribution >= 4 is 34.6 Å². The molecular formula is C23H26N8O2. The van der Waals surface area contributed by atoms with Crippen LogP contribution >= 0.6 is 0 Å². The average Bonchev–Trinajstić information content (AvgIpc) is 3.46. The molecule has 33 heavy (non-hydrogen) atoms. The van der Waals surface area contributed by atoms with Gasteiger partial charge in [0.15, 0.2) is 0 Å². The van der Waals surface area contributed by atoms with Crippen LogP contribution in [0.5, 0.6) is 0 Å². The van der Waals surface area contributed by atoms with E-state index in [9.17, 15) is 15.2 Å². The second kappa shape index (κ2) is 8.58. The minimum atomic E-state index is -0.877. The molecule has 4 heterocycles. The van der Waals surface area contributed by atoms with Crippen molar-refractivity contribution < 1.29 is 9.90 Å². The van der Waals surface area contributed by atoms with Crippen LogP contribution < -0.4 is 10.2 Å².